The van der Waals surface area contributed by atoms with Crippen molar-refractivity contribution in [2.75, 3.05) is 19.0 Å². The Morgan fingerprint density at radius 1 is 1.08 bits per heavy atom. The Kier molecular flexibility index (Phi) is 6.03. The summed E-state index contributed by atoms with van der Waals surface area (Å²) in [6.45, 7) is 8.22. The standard InChI is InChI=1S/C21H25NO4/c1-14-9-10-18(17(11-14)21(2,3)4)26-13-19(23)22-16-8-6-7-15(12-16)20(24)25-5/h6-12H,13H2,1-5H3,(H,22,23). The fraction of sp³-hybridized carbons (Fsp3) is 0.333. The van der Waals surface area contributed by atoms with Crippen LogP contribution in [0.1, 0.15) is 42.3 Å². The van der Waals surface area contributed by atoms with E-state index in [1.54, 1.807) is 24.3 Å². The summed E-state index contributed by atoms with van der Waals surface area (Å²) in [7, 11) is 1.32. The van der Waals surface area contributed by atoms with E-state index in [-0.39, 0.29) is 17.9 Å². The van der Waals surface area contributed by atoms with Gasteiger partial charge in [-0.25, -0.2) is 4.79 Å². The third-order valence-electron chi connectivity index (χ3n) is 3.87. The van der Waals surface area contributed by atoms with E-state index >= 15 is 0 Å². The Hall–Kier alpha value is -2.82. The van der Waals surface area contributed by atoms with Crippen LogP contribution in [-0.4, -0.2) is 25.6 Å². The Morgan fingerprint density at radius 2 is 1.81 bits per heavy atom. The molecule has 138 valence electrons. The van der Waals surface area contributed by atoms with Gasteiger partial charge in [0.2, 0.25) is 0 Å². The number of methoxy groups -OCH3 is 1. The highest BCUT2D eigenvalue weighted by molar-refractivity contribution is 5.95. The summed E-state index contributed by atoms with van der Waals surface area (Å²) in [5, 5.41) is 2.73. The number of hydrogen-bond acceptors (Lipinski definition) is 4. The van der Waals surface area contributed by atoms with E-state index in [1.165, 1.54) is 7.11 Å². The van der Waals surface area contributed by atoms with Gasteiger partial charge in [-0.05, 0) is 42.2 Å². The first-order valence-corrected chi connectivity index (χ1v) is 8.43. The molecule has 0 aliphatic rings. The molecule has 0 heterocycles. The summed E-state index contributed by atoms with van der Waals surface area (Å²) in [4.78, 5) is 23.8. The van der Waals surface area contributed by atoms with Gasteiger partial charge in [-0.2, -0.15) is 0 Å². The third-order valence-corrected chi connectivity index (χ3v) is 3.87. The molecule has 2 aromatic carbocycles. The summed E-state index contributed by atoms with van der Waals surface area (Å²) < 4.78 is 10.4. The van der Waals surface area contributed by atoms with Crippen LogP contribution in [0.3, 0.4) is 0 Å². The molecule has 1 amide bonds. The molecule has 0 bridgehead atoms. The van der Waals surface area contributed by atoms with Crippen molar-refractivity contribution in [1.82, 2.24) is 0 Å². The van der Waals surface area contributed by atoms with Crippen molar-refractivity contribution >= 4 is 17.6 Å². The fourth-order valence-electron chi connectivity index (χ4n) is 2.54. The van der Waals surface area contributed by atoms with Gasteiger partial charge in [-0.3, -0.25) is 4.79 Å². The van der Waals surface area contributed by atoms with Crippen molar-refractivity contribution in [3.63, 3.8) is 0 Å². The molecule has 26 heavy (non-hydrogen) atoms. The fourth-order valence-corrected chi connectivity index (χ4v) is 2.54. The maximum Gasteiger partial charge on any atom is 0.337 e. The van der Waals surface area contributed by atoms with Gasteiger partial charge in [0, 0.05) is 5.69 Å². The smallest absolute Gasteiger partial charge is 0.337 e. The molecule has 0 saturated heterocycles. The quantitative estimate of drug-likeness (QED) is 0.820. The Morgan fingerprint density at radius 3 is 2.46 bits per heavy atom. The van der Waals surface area contributed by atoms with E-state index < -0.39 is 5.97 Å². The van der Waals surface area contributed by atoms with Crippen molar-refractivity contribution < 1.29 is 19.1 Å². The van der Waals surface area contributed by atoms with Crippen LogP contribution in [0.25, 0.3) is 0 Å². The molecule has 0 aromatic heterocycles. The van der Waals surface area contributed by atoms with Crippen LogP contribution in [0.15, 0.2) is 42.5 Å². The highest BCUT2D eigenvalue weighted by Gasteiger charge is 2.19. The number of carbonyl (C=O) groups is 2. The maximum atomic E-state index is 12.2. The molecule has 5 heteroatoms. The lowest BCUT2D eigenvalue weighted by molar-refractivity contribution is -0.118. The highest BCUT2D eigenvalue weighted by atomic mass is 16.5. The van der Waals surface area contributed by atoms with E-state index in [2.05, 4.69) is 36.9 Å². The Labute approximate surface area is 154 Å². The van der Waals surface area contributed by atoms with Crippen LogP contribution in [0.4, 0.5) is 5.69 Å². The monoisotopic (exact) mass is 355 g/mol. The second-order valence-corrected chi connectivity index (χ2v) is 7.16. The van der Waals surface area contributed by atoms with E-state index in [0.29, 0.717) is 17.0 Å². The van der Waals surface area contributed by atoms with Crippen LogP contribution in [0, 0.1) is 6.92 Å². The zero-order valence-electron chi connectivity index (χ0n) is 15.9. The van der Waals surface area contributed by atoms with Gasteiger partial charge in [0.1, 0.15) is 5.75 Å². The van der Waals surface area contributed by atoms with E-state index in [0.717, 1.165) is 11.1 Å². The molecule has 5 nitrogen and oxygen atoms in total. The van der Waals surface area contributed by atoms with E-state index in [9.17, 15) is 9.59 Å². The lowest BCUT2D eigenvalue weighted by Gasteiger charge is -2.23. The van der Waals surface area contributed by atoms with Gasteiger partial charge in [-0.1, -0.05) is 44.5 Å². The number of benzene rings is 2. The maximum absolute atomic E-state index is 12.2. The topological polar surface area (TPSA) is 64.6 Å². The average molecular weight is 355 g/mol. The molecule has 0 radical (unpaired) electrons. The summed E-state index contributed by atoms with van der Waals surface area (Å²) in [5.41, 5.74) is 3.00. The predicted molar refractivity (Wildman–Crippen MR) is 102 cm³/mol. The molecule has 2 aromatic rings. The first-order chi connectivity index (χ1) is 12.2. The van der Waals surface area contributed by atoms with Gasteiger partial charge >= 0.3 is 5.97 Å². The molecule has 0 aliphatic carbocycles. The lowest BCUT2D eigenvalue weighted by atomic mass is 9.85. The first-order valence-electron chi connectivity index (χ1n) is 8.43. The van der Waals surface area contributed by atoms with Crippen LogP contribution < -0.4 is 10.1 Å². The number of hydrogen-bond donors (Lipinski definition) is 1. The number of aryl methyl sites for hydroxylation is 1. The van der Waals surface area contributed by atoms with Crippen LogP contribution in [0.2, 0.25) is 0 Å². The van der Waals surface area contributed by atoms with Crippen molar-refractivity contribution in [3.05, 3.63) is 59.2 Å². The van der Waals surface area contributed by atoms with Gasteiger partial charge in [-0.15, -0.1) is 0 Å². The van der Waals surface area contributed by atoms with Crippen molar-refractivity contribution in [3.8, 4) is 5.75 Å². The summed E-state index contributed by atoms with van der Waals surface area (Å²) in [6, 6.07) is 12.5. The SMILES string of the molecule is COC(=O)c1cccc(NC(=O)COc2ccc(C)cc2C(C)(C)C)c1. The molecule has 0 unspecified atom stereocenters. The summed E-state index contributed by atoms with van der Waals surface area (Å²) >= 11 is 0. The highest BCUT2D eigenvalue weighted by Crippen LogP contribution is 2.32. The second kappa shape index (κ2) is 8.04. The van der Waals surface area contributed by atoms with Crippen molar-refractivity contribution in [2.24, 2.45) is 0 Å². The van der Waals surface area contributed by atoms with Gasteiger partial charge < -0.3 is 14.8 Å². The molecule has 2 rings (SSSR count). The largest absolute Gasteiger partial charge is 0.483 e. The van der Waals surface area contributed by atoms with Crippen molar-refractivity contribution in [1.29, 1.82) is 0 Å². The average Bonchev–Trinajstić information content (AvgIpc) is 2.59. The summed E-state index contributed by atoms with van der Waals surface area (Å²) in [5.74, 6) is -0.0548. The summed E-state index contributed by atoms with van der Waals surface area (Å²) in [6.07, 6.45) is 0. The third kappa shape index (κ3) is 5.09. The minimum absolute atomic E-state index is 0.0906. The van der Waals surface area contributed by atoms with Crippen LogP contribution in [0.5, 0.6) is 5.75 Å². The Bertz CT molecular complexity index is 806. The predicted octanol–water partition coefficient (Wildman–Crippen LogP) is 4.10. The Balaban J connectivity index is 2.05. The zero-order chi connectivity index (χ0) is 19.3. The molecule has 0 atom stereocenters. The van der Waals surface area contributed by atoms with Gasteiger partial charge in [0.15, 0.2) is 6.61 Å². The molecular formula is C21H25NO4. The minimum Gasteiger partial charge on any atom is -0.483 e. The van der Waals surface area contributed by atoms with Crippen LogP contribution in [-0.2, 0) is 14.9 Å². The lowest BCUT2D eigenvalue weighted by Crippen LogP contribution is -2.22. The molecule has 0 aliphatic heterocycles. The van der Waals surface area contributed by atoms with Gasteiger partial charge in [0.25, 0.3) is 5.91 Å². The number of carbonyl (C=O) groups excluding carboxylic acids is 2. The van der Waals surface area contributed by atoms with E-state index in [4.69, 9.17) is 4.74 Å². The molecule has 0 fully saturated rings. The van der Waals surface area contributed by atoms with Crippen molar-refractivity contribution in [2.45, 2.75) is 33.1 Å². The molecule has 0 saturated carbocycles. The molecular weight excluding hydrogens is 330 g/mol. The second-order valence-electron chi connectivity index (χ2n) is 7.16. The molecule has 1 N–H and O–H groups in total. The van der Waals surface area contributed by atoms with Crippen LogP contribution >= 0.6 is 0 Å². The zero-order valence-corrected chi connectivity index (χ0v) is 15.9. The van der Waals surface area contributed by atoms with Gasteiger partial charge in [0.05, 0.1) is 12.7 Å². The first kappa shape index (κ1) is 19.5. The number of ether oxygens (including phenoxy) is 2. The number of rotatable bonds is 5. The number of esters is 1. The normalized spacial score (nSPS) is 11.0. The van der Waals surface area contributed by atoms with E-state index in [1.807, 2.05) is 19.1 Å². The minimum atomic E-state index is -0.452. The number of amides is 1. The molecule has 0 spiro atoms. The number of nitrogens with one attached hydrogen (secondary N) is 1. The number of anilines is 1.